The third kappa shape index (κ3) is 3.83. The van der Waals surface area contributed by atoms with Gasteiger partial charge in [-0.1, -0.05) is 23.4 Å². The van der Waals surface area contributed by atoms with Crippen LogP contribution in [0, 0.1) is 6.92 Å². The highest BCUT2D eigenvalue weighted by Gasteiger charge is 2.18. The van der Waals surface area contributed by atoms with Gasteiger partial charge in [0, 0.05) is 13.1 Å². The Morgan fingerprint density at radius 2 is 2.17 bits per heavy atom. The van der Waals surface area contributed by atoms with E-state index >= 15 is 0 Å². The normalized spacial score (nSPS) is 10.6. The molecule has 0 bridgehead atoms. The predicted molar refractivity (Wildman–Crippen MR) is 93.5 cm³/mol. The smallest absolute Gasteiger partial charge is 0.275 e. The lowest BCUT2D eigenvalue weighted by molar-refractivity contribution is 0.0763. The summed E-state index contributed by atoms with van der Waals surface area (Å²) < 4.78 is 10.9. The Morgan fingerprint density at radius 1 is 1.29 bits per heavy atom. The first kappa shape index (κ1) is 16.3. The highest BCUT2D eigenvalue weighted by molar-refractivity contribution is 7.13. The van der Waals surface area contributed by atoms with E-state index in [1.165, 1.54) is 0 Å². The van der Waals surface area contributed by atoms with Crippen LogP contribution in [0.5, 0.6) is 5.75 Å². The van der Waals surface area contributed by atoms with Gasteiger partial charge < -0.3 is 14.2 Å². The van der Waals surface area contributed by atoms with E-state index in [0.29, 0.717) is 24.6 Å². The molecule has 0 N–H and O–H groups in total. The minimum atomic E-state index is -0.186. The summed E-state index contributed by atoms with van der Waals surface area (Å²) in [4.78, 5) is 14.9. The molecule has 0 aliphatic rings. The van der Waals surface area contributed by atoms with Crippen LogP contribution in [0.1, 0.15) is 16.1 Å². The number of carbonyl (C=O) groups is 1. The van der Waals surface area contributed by atoms with Crippen molar-refractivity contribution in [2.75, 3.05) is 20.2 Å². The average Bonchev–Trinajstić information content (AvgIpc) is 3.25. The molecule has 0 unspecified atom stereocenters. The molecular weight excluding hydrogens is 324 g/mol. The molecule has 1 amide bonds. The number of hydrogen-bond donors (Lipinski definition) is 0. The van der Waals surface area contributed by atoms with Gasteiger partial charge in [-0.2, -0.15) is 0 Å². The summed E-state index contributed by atoms with van der Waals surface area (Å²) in [6.07, 6.45) is 0. The Morgan fingerprint density at radius 3 is 2.92 bits per heavy atom. The fraction of sp³-hybridized carbons (Fsp3) is 0.222. The molecule has 124 valence electrons. The summed E-state index contributed by atoms with van der Waals surface area (Å²) in [5.41, 5.74) is 1.44. The van der Waals surface area contributed by atoms with Crippen LogP contribution in [0.2, 0.25) is 0 Å². The number of carbonyl (C=O) groups excluding carboxylic acids is 1. The molecule has 0 fully saturated rings. The summed E-state index contributed by atoms with van der Waals surface area (Å²) in [5.74, 6) is 1.23. The number of thiophene rings is 1. The maximum Gasteiger partial charge on any atom is 0.275 e. The van der Waals surface area contributed by atoms with E-state index in [4.69, 9.17) is 9.26 Å². The predicted octanol–water partition coefficient (Wildman–Crippen LogP) is 3.86. The molecule has 6 heteroatoms. The van der Waals surface area contributed by atoms with Gasteiger partial charge in [-0.15, -0.1) is 11.3 Å². The zero-order valence-electron chi connectivity index (χ0n) is 13.6. The largest absolute Gasteiger partial charge is 0.492 e. The van der Waals surface area contributed by atoms with Gasteiger partial charge >= 0.3 is 0 Å². The zero-order valence-corrected chi connectivity index (χ0v) is 14.4. The standard InChI is InChI=1S/C18H18N2O3S/c1-13-5-3-6-14(11-13)22-9-8-20(2)18(21)15-12-16(23-19-15)17-7-4-10-24-17/h3-7,10-12H,8-9H2,1-2H3. The summed E-state index contributed by atoms with van der Waals surface area (Å²) in [6, 6.07) is 13.4. The lowest BCUT2D eigenvalue weighted by Crippen LogP contribution is -2.31. The van der Waals surface area contributed by atoms with Crippen molar-refractivity contribution in [2.45, 2.75) is 6.92 Å². The summed E-state index contributed by atoms with van der Waals surface area (Å²) in [7, 11) is 1.72. The van der Waals surface area contributed by atoms with Crippen molar-refractivity contribution >= 4 is 17.2 Å². The van der Waals surface area contributed by atoms with Crippen molar-refractivity contribution in [2.24, 2.45) is 0 Å². The lowest BCUT2D eigenvalue weighted by atomic mass is 10.2. The van der Waals surface area contributed by atoms with Gasteiger partial charge in [0.25, 0.3) is 5.91 Å². The minimum absolute atomic E-state index is 0.186. The number of ether oxygens (including phenoxy) is 1. The molecule has 5 nitrogen and oxygen atoms in total. The fourth-order valence-corrected chi connectivity index (χ4v) is 2.89. The number of aromatic nitrogens is 1. The van der Waals surface area contributed by atoms with Gasteiger partial charge in [-0.05, 0) is 36.1 Å². The molecule has 2 heterocycles. The molecule has 0 saturated carbocycles. The van der Waals surface area contributed by atoms with Crippen LogP contribution in [0.3, 0.4) is 0 Å². The summed E-state index contributed by atoms with van der Waals surface area (Å²) in [5, 5.41) is 5.82. The number of benzene rings is 1. The summed E-state index contributed by atoms with van der Waals surface area (Å²) >= 11 is 1.54. The Bertz CT molecular complexity index is 811. The van der Waals surface area contributed by atoms with Crippen molar-refractivity contribution in [3.05, 3.63) is 59.1 Å². The maximum absolute atomic E-state index is 12.4. The second kappa shape index (κ2) is 7.31. The molecule has 0 aliphatic carbocycles. The number of likely N-dealkylation sites (N-methyl/N-ethyl adjacent to an activating group) is 1. The van der Waals surface area contributed by atoms with Crippen molar-refractivity contribution in [1.82, 2.24) is 10.1 Å². The average molecular weight is 342 g/mol. The molecule has 24 heavy (non-hydrogen) atoms. The van der Waals surface area contributed by atoms with Crippen LogP contribution < -0.4 is 4.74 Å². The number of aryl methyl sites for hydroxylation is 1. The molecule has 3 rings (SSSR count). The topological polar surface area (TPSA) is 55.6 Å². The fourth-order valence-electron chi connectivity index (χ4n) is 2.21. The van der Waals surface area contributed by atoms with E-state index in [0.717, 1.165) is 16.2 Å². The van der Waals surface area contributed by atoms with Crippen LogP contribution in [0.4, 0.5) is 0 Å². The van der Waals surface area contributed by atoms with Crippen molar-refractivity contribution in [3.63, 3.8) is 0 Å². The molecule has 0 radical (unpaired) electrons. The van der Waals surface area contributed by atoms with Gasteiger partial charge in [0.1, 0.15) is 12.4 Å². The SMILES string of the molecule is Cc1cccc(OCCN(C)C(=O)c2cc(-c3cccs3)on2)c1. The second-order valence-corrected chi connectivity index (χ2v) is 6.39. The summed E-state index contributed by atoms with van der Waals surface area (Å²) in [6.45, 7) is 2.90. The third-order valence-electron chi connectivity index (χ3n) is 3.52. The van der Waals surface area contributed by atoms with Crippen LogP contribution in [-0.2, 0) is 0 Å². The van der Waals surface area contributed by atoms with Crippen LogP contribution in [0.15, 0.2) is 52.4 Å². The van der Waals surface area contributed by atoms with Crippen molar-refractivity contribution < 1.29 is 14.1 Å². The van der Waals surface area contributed by atoms with Gasteiger partial charge in [0.05, 0.1) is 11.4 Å². The monoisotopic (exact) mass is 342 g/mol. The van der Waals surface area contributed by atoms with Crippen molar-refractivity contribution in [1.29, 1.82) is 0 Å². The van der Waals surface area contributed by atoms with Crippen molar-refractivity contribution in [3.8, 4) is 16.4 Å². The third-order valence-corrected chi connectivity index (χ3v) is 4.41. The van der Waals surface area contributed by atoms with Gasteiger partial charge in [-0.3, -0.25) is 4.79 Å². The lowest BCUT2D eigenvalue weighted by Gasteiger charge is -2.16. The molecule has 0 aliphatic heterocycles. The van der Waals surface area contributed by atoms with E-state index in [9.17, 15) is 4.79 Å². The first-order valence-corrected chi connectivity index (χ1v) is 8.47. The van der Waals surface area contributed by atoms with E-state index in [1.807, 2.05) is 48.7 Å². The first-order chi connectivity index (χ1) is 11.6. The van der Waals surface area contributed by atoms with Gasteiger partial charge in [-0.25, -0.2) is 0 Å². The van der Waals surface area contributed by atoms with Crippen LogP contribution >= 0.6 is 11.3 Å². The first-order valence-electron chi connectivity index (χ1n) is 7.59. The molecule has 0 atom stereocenters. The molecule has 0 spiro atoms. The Labute approximate surface area is 144 Å². The number of hydrogen-bond acceptors (Lipinski definition) is 5. The second-order valence-electron chi connectivity index (χ2n) is 5.45. The quantitative estimate of drug-likeness (QED) is 0.682. The molecule has 0 saturated heterocycles. The van der Waals surface area contributed by atoms with E-state index < -0.39 is 0 Å². The highest BCUT2D eigenvalue weighted by atomic mass is 32.1. The Hall–Kier alpha value is -2.60. The van der Waals surface area contributed by atoms with Crippen LogP contribution in [-0.4, -0.2) is 36.2 Å². The number of nitrogens with zero attached hydrogens (tertiary/aromatic N) is 2. The molecule has 1 aromatic carbocycles. The van der Waals surface area contributed by atoms with Gasteiger partial charge in [0.15, 0.2) is 11.5 Å². The van der Waals surface area contributed by atoms with Gasteiger partial charge in [0.2, 0.25) is 0 Å². The Kier molecular flexibility index (Phi) is 4.96. The molecule has 3 aromatic rings. The van der Waals surface area contributed by atoms with Crippen LogP contribution in [0.25, 0.3) is 10.6 Å². The van der Waals surface area contributed by atoms with E-state index in [1.54, 1.807) is 29.4 Å². The number of amides is 1. The van der Waals surface area contributed by atoms with E-state index in [2.05, 4.69) is 5.16 Å². The number of rotatable bonds is 6. The Balaban J connectivity index is 1.55. The zero-order chi connectivity index (χ0) is 16.9. The minimum Gasteiger partial charge on any atom is -0.492 e. The molecular formula is C18H18N2O3S. The van der Waals surface area contributed by atoms with E-state index in [-0.39, 0.29) is 5.91 Å². The molecule has 2 aromatic heterocycles. The maximum atomic E-state index is 12.4. The highest BCUT2D eigenvalue weighted by Crippen LogP contribution is 2.25.